The van der Waals surface area contributed by atoms with Crippen LogP contribution in [0.4, 0.5) is 24.9 Å². The van der Waals surface area contributed by atoms with Crippen LogP contribution < -0.4 is 11.1 Å². The van der Waals surface area contributed by atoms with Gasteiger partial charge in [-0.3, -0.25) is 10.1 Å². The zero-order chi connectivity index (χ0) is 28.6. The summed E-state index contributed by atoms with van der Waals surface area (Å²) >= 11 is 0. The van der Waals surface area contributed by atoms with Crippen LogP contribution in [0.2, 0.25) is 5.11 Å². The van der Waals surface area contributed by atoms with Crippen LogP contribution in [0, 0.1) is 16.7 Å². The monoisotopic (exact) mass is 518 g/mol. The smallest absolute Gasteiger partial charge is 0.383 e. The fraction of sp³-hybridized carbons (Fsp3) is 0.417. The molecular formula is C24H24B3F3N6O2. The summed E-state index contributed by atoms with van der Waals surface area (Å²) in [5.74, 6) is -1.36. The highest BCUT2D eigenvalue weighted by atomic mass is 19.4. The van der Waals surface area contributed by atoms with Crippen molar-refractivity contribution in [2.75, 3.05) is 11.1 Å². The molecule has 2 aromatic heterocycles. The lowest BCUT2D eigenvalue weighted by molar-refractivity contribution is -0.169. The fourth-order valence-electron chi connectivity index (χ4n) is 3.90. The molecule has 3 aromatic rings. The number of nitrogen functional groups attached to an aromatic ring is 1. The molecule has 1 aromatic carbocycles. The van der Waals surface area contributed by atoms with Crippen LogP contribution in [0.5, 0.6) is 0 Å². The third-order valence-corrected chi connectivity index (χ3v) is 5.68. The number of hydrogen-bond donors (Lipinski definition) is 2. The average molecular weight is 518 g/mol. The molecule has 192 valence electrons. The molecular weight excluding hydrogens is 494 g/mol. The Kier molecular flexibility index (Phi) is 7.82. The normalized spacial score (nSPS) is 14.1. The standard InChI is InChI=1S/C24H24B3F3N6O2/c1-12(20(37)33-17-9-15(35-38-17)10-22(2,3)4)13-5-7-14(8-6-13)18-16(11-31)19(32)36(34-18)21(23(25,26)27)24(28,29)30/h5-9,12,21H,10,32H2,1-4H3,(H,33,37). The number of aromatic nitrogens is 3. The van der Waals surface area contributed by atoms with Crippen LogP contribution in [0.25, 0.3) is 11.3 Å². The van der Waals surface area contributed by atoms with Gasteiger partial charge in [-0.15, -0.1) is 5.11 Å². The molecule has 14 heteroatoms. The second-order valence-corrected chi connectivity index (χ2v) is 10.4. The number of amides is 1. The van der Waals surface area contributed by atoms with Crippen LogP contribution in [0.1, 0.15) is 56.5 Å². The maximum Gasteiger partial charge on any atom is 0.409 e. The van der Waals surface area contributed by atoms with Crippen molar-refractivity contribution in [1.29, 1.82) is 5.26 Å². The van der Waals surface area contributed by atoms with Crippen molar-refractivity contribution in [2.24, 2.45) is 5.41 Å². The summed E-state index contributed by atoms with van der Waals surface area (Å²) in [6.45, 7) is 7.84. The van der Waals surface area contributed by atoms with Crippen molar-refractivity contribution in [3.8, 4) is 17.3 Å². The summed E-state index contributed by atoms with van der Waals surface area (Å²) < 4.78 is 46.6. The highest BCUT2D eigenvalue weighted by molar-refractivity contribution is 6.59. The van der Waals surface area contributed by atoms with E-state index in [1.165, 1.54) is 12.1 Å². The lowest BCUT2D eigenvalue weighted by Gasteiger charge is -2.34. The van der Waals surface area contributed by atoms with Gasteiger partial charge in [0.05, 0.1) is 35.2 Å². The van der Waals surface area contributed by atoms with Gasteiger partial charge in [-0.05, 0) is 24.3 Å². The molecule has 0 aliphatic carbocycles. The van der Waals surface area contributed by atoms with Gasteiger partial charge in [0.1, 0.15) is 29.2 Å². The Hall–Kier alpha value is -3.62. The van der Waals surface area contributed by atoms with Gasteiger partial charge >= 0.3 is 6.18 Å². The van der Waals surface area contributed by atoms with Gasteiger partial charge in [-0.1, -0.05) is 50.2 Å². The first-order chi connectivity index (χ1) is 17.4. The Labute approximate surface area is 222 Å². The molecule has 0 saturated carbocycles. The fourth-order valence-corrected chi connectivity index (χ4v) is 3.90. The van der Waals surface area contributed by atoms with Crippen molar-refractivity contribution < 1.29 is 22.5 Å². The van der Waals surface area contributed by atoms with Crippen LogP contribution in [0.15, 0.2) is 34.9 Å². The number of nitriles is 1. The Balaban J connectivity index is 1.84. The first kappa shape index (κ1) is 28.9. The van der Waals surface area contributed by atoms with E-state index >= 15 is 0 Å². The summed E-state index contributed by atoms with van der Waals surface area (Å²) in [5, 5.41) is 17.3. The Morgan fingerprint density at radius 3 is 2.32 bits per heavy atom. The van der Waals surface area contributed by atoms with Gasteiger partial charge in [0.2, 0.25) is 11.8 Å². The minimum atomic E-state index is -5.01. The first-order valence-electron chi connectivity index (χ1n) is 11.5. The van der Waals surface area contributed by atoms with E-state index in [1.807, 2.05) is 0 Å². The van der Waals surface area contributed by atoms with Crippen molar-refractivity contribution in [3.05, 3.63) is 47.2 Å². The van der Waals surface area contributed by atoms with Gasteiger partial charge < -0.3 is 10.3 Å². The molecule has 0 bridgehead atoms. The Morgan fingerprint density at radius 2 is 1.82 bits per heavy atom. The first-order valence-corrected chi connectivity index (χ1v) is 11.5. The Bertz CT molecular complexity index is 1340. The third kappa shape index (κ3) is 6.44. The number of alkyl halides is 3. The molecule has 0 aliphatic heterocycles. The molecule has 0 aliphatic rings. The molecule has 3 N–H and O–H groups in total. The van der Waals surface area contributed by atoms with E-state index in [9.17, 15) is 23.2 Å². The number of rotatable bonds is 7. The predicted octanol–water partition coefficient (Wildman–Crippen LogP) is 4.01. The molecule has 2 heterocycles. The van der Waals surface area contributed by atoms with Crippen LogP contribution in [0.3, 0.4) is 0 Å². The summed E-state index contributed by atoms with van der Waals surface area (Å²) in [6.07, 6.45) is -4.34. The molecule has 0 saturated heterocycles. The SMILES string of the molecule is [B]C([B])([B])C(n1nc(-c2ccc(C(C)C(=O)Nc3cc(CC(C)(C)C)no3)cc2)c(C#N)c1N)C(F)(F)F. The van der Waals surface area contributed by atoms with Crippen molar-refractivity contribution in [2.45, 2.75) is 57.4 Å². The largest absolute Gasteiger partial charge is 0.409 e. The van der Waals surface area contributed by atoms with E-state index < -0.39 is 29.1 Å². The minimum absolute atomic E-state index is 0.00512. The molecule has 2 unspecified atom stereocenters. The summed E-state index contributed by atoms with van der Waals surface area (Å²) in [5.41, 5.74) is 6.96. The molecule has 0 fully saturated rings. The second kappa shape index (κ2) is 10.3. The topological polar surface area (TPSA) is 123 Å². The Morgan fingerprint density at radius 1 is 1.21 bits per heavy atom. The number of carbonyl (C=O) groups is 1. The van der Waals surface area contributed by atoms with Crippen LogP contribution in [-0.2, 0) is 11.2 Å². The predicted molar refractivity (Wildman–Crippen MR) is 139 cm³/mol. The number of nitrogens with two attached hydrogens (primary N) is 1. The number of benzene rings is 1. The maximum absolute atomic E-state index is 13.7. The van der Waals surface area contributed by atoms with Crippen LogP contribution in [-0.4, -0.2) is 50.6 Å². The number of anilines is 2. The lowest BCUT2D eigenvalue weighted by atomic mass is 9.39. The van der Waals surface area contributed by atoms with Gasteiger partial charge in [-0.25, -0.2) is 4.68 Å². The van der Waals surface area contributed by atoms with Gasteiger partial charge in [-0.2, -0.15) is 23.5 Å². The van der Waals surface area contributed by atoms with Crippen molar-refractivity contribution in [1.82, 2.24) is 14.9 Å². The van der Waals surface area contributed by atoms with E-state index in [2.05, 4.69) is 36.3 Å². The zero-order valence-corrected chi connectivity index (χ0v) is 21.3. The van der Waals surface area contributed by atoms with Crippen molar-refractivity contribution >= 4 is 41.1 Å². The highest BCUT2D eigenvalue weighted by Gasteiger charge is 2.49. The molecule has 1 amide bonds. The number of nitrogens with one attached hydrogen (secondary N) is 1. The van der Waals surface area contributed by atoms with E-state index in [0.29, 0.717) is 22.4 Å². The summed E-state index contributed by atoms with van der Waals surface area (Å²) in [6, 6.07) is 6.91. The van der Waals surface area contributed by atoms with E-state index in [1.54, 1.807) is 31.2 Å². The average Bonchev–Trinajstić information content (AvgIpc) is 3.33. The van der Waals surface area contributed by atoms with E-state index in [-0.39, 0.29) is 34.0 Å². The summed E-state index contributed by atoms with van der Waals surface area (Å²) in [7, 11) is 16.1. The third-order valence-electron chi connectivity index (χ3n) is 5.68. The van der Waals surface area contributed by atoms with Gasteiger partial charge in [0.25, 0.3) is 0 Å². The molecule has 2 atom stereocenters. The van der Waals surface area contributed by atoms with Crippen LogP contribution >= 0.6 is 0 Å². The molecule has 0 spiro atoms. The second-order valence-electron chi connectivity index (χ2n) is 10.4. The van der Waals surface area contributed by atoms with E-state index in [0.717, 1.165) is 0 Å². The number of halogens is 3. The van der Waals surface area contributed by atoms with Crippen molar-refractivity contribution in [3.63, 3.8) is 0 Å². The lowest BCUT2D eigenvalue weighted by Crippen LogP contribution is -2.39. The molecule has 38 heavy (non-hydrogen) atoms. The molecule has 8 nitrogen and oxygen atoms in total. The highest BCUT2D eigenvalue weighted by Crippen LogP contribution is 2.45. The number of nitrogens with zero attached hydrogens (tertiary/aromatic N) is 4. The minimum Gasteiger partial charge on any atom is -0.383 e. The van der Waals surface area contributed by atoms with E-state index in [4.69, 9.17) is 33.8 Å². The molecule has 6 radical (unpaired) electrons. The summed E-state index contributed by atoms with van der Waals surface area (Å²) in [4.78, 5) is 12.8. The van der Waals surface area contributed by atoms with Gasteiger partial charge in [0, 0.05) is 11.6 Å². The number of carbonyl (C=O) groups excluding carboxylic acids is 1. The maximum atomic E-state index is 13.7. The van der Waals surface area contributed by atoms with Gasteiger partial charge in [0.15, 0.2) is 0 Å². The quantitative estimate of drug-likeness (QED) is 0.457. The zero-order valence-electron chi connectivity index (χ0n) is 21.3. The number of hydrogen-bond acceptors (Lipinski definition) is 6. The molecule has 3 rings (SSSR count).